The smallest absolute Gasteiger partial charge is 0.0765 e. The number of halogens is 1. The molecule has 0 spiro atoms. The van der Waals surface area contributed by atoms with E-state index in [1.54, 1.807) is 0 Å². The number of aliphatic hydroxyl groups is 1. The Morgan fingerprint density at radius 2 is 1.81 bits per heavy atom. The molecule has 0 aliphatic heterocycles. The highest BCUT2D eigenvalue weighted by Gasteiger charge is 2.19. The van der Waals surface area contributed by atoms with E-state index in [0.717, 1.165) is 29.4 Å². The maximum atomic E-state index is 10.0. The fraction of sp³-hybridized carbons (Fsp3) is 0.647. The van der Waals surface area contributed by atoms with Crippen LogP contribution in [0.2, 0.25) is 5.02 Å². The second-order valence-electron chi connectivity index (χ2n) is 7.22. The van der Waals surface area contributed by atoms with Crippen molar-refractivity contribution in [3.8, 4) is 0 Å². The molecule has 2 N–H and O–H groups in total. The van der Waals surface area contributed by atoms with E-state index in [0.29, 0.717) is 6.54 Å². The molecule has 1 rings (SSSR count). The highest BCUT2D eigenvalue weighted by atomic mass is 35.5. The Morgan fingerprint density at radius 3 is 2.24 bits per heavy atom. The van der Waals surface area contributed by atoms with E-state index >= 15 is 0 Å². The van der Waals surface area contributed by atoms with Gasteiger partial charge in [0.25, 0.3) is 0 Å². The van der Waals surface area contributed by atoms with Gasteiger partial charge in [0.2, 0.25) is 0 Å². The SMILES string of the molecule is CCN(CC(C)(C)O)c1ccc(CNC(C)(C)C)cc1Cl. The molecule has 0 saturated heterocycles. The van der Waals surface area contributed by atoms with Crippen LogP contribution in [0.1, 0.15) is 47.1 Å². The summed E-state index contributed by atoms with van der Waals surface area (Å²) >= 11 is 6.43. The van der Waals surface area contributed by atoms with Crippen molar-refractivity contribution in [2.45, 2.75) is 59.2 Å². The van der Waals surface area contributed by atoms with Crippen LogP contribution in [-0.4, -0.2) is 29.3 Å². The normalized spacial score (nSPS) is 12.6. The van der Waals surface area contributed by atoms with E-state index in [4.69, 9.17) is 11.6 Å². The fourth-order valence-corrected chi connectivity index (χ4v) is 2.44. The topological polar surface area (TPSA) is 35.5 Å². The predicted octanol–water partition coefficient (Wildman–Crippen LogP) is 3.83. The van der Waals surface area contributed by atoms with Gasteiger partial charge in [-0.2, -0.15) is 0 Å². The monoisotopic (exact) mass is 312 g/mol. The van der Waals surface area contributed by atoms with Crippen LogP contribution in [0.25, 0.3) is 0 Å². The summed E-state index contributed by atoms with van der Waals surface area (Å²) in [4.78, 5) is 2.10. The molecule has 4 heteroatoms. The maximum absolute atomic E-state index is 10.0. The second kappa shape index (κ2) is 6.99. The van der Waals surface area contributed by atoms with Crippen molar-refractivity contribution in [1.82, 2.24) is 5.32 Å². The largest absolute Gasteiger partial charge is 0.389 e. The minimum Gasteiger partial charge on any atom is -0.389 e. The molecule has 21 heavy (non-hydrogen) atoms. The number of likely N-dealkylation sites (N-methyl/N-ethyl adjacent to an activating group) is 1. The molecule has 1 aromatic rings. The van der Waals surface area contributed by atoms with Gasteiger partial charge in [-0.1, -0.05) is 17.7 Å². The zero-order valence-electron chi connectivity index (χ0n) is 14.1. The summed E-state index contributed by atoms with van der Waals surface area (Å²) in [7, 11) is 0. The molecule has 120 valence electrons. The molecule has 0 aliphatic carbocycles. The van der Waals surface area contributed by atoms with Crippen molar-refractivity contribution in [2.24, 2.45) is 0 Å². The number of rotatable bonds is 6. The van der Waals surface area contributed by atoms with E-state index in [-0.39, 0.29) is 5.54 Å². The maximum Gasteiger partial charge on any atom is 0.0765 e. The lowest BCUT2D eigenvalue weighted by molar-refractivity contribution is 0.0876. The van der Waals surface area contributed by atoms with Gasteiger partial charge >= 0.3 is 0 Å². The van der Waals surface area contributed by atoms with E-state index in [2.05, 4.69) is 44.0 Å². The van der Waals surface area contributed by atoms with E-state index < -0.39 is 5.60 Å². The van der Waals surface area contributed by atoms with Crippen LogP contribution in [-0.2, 0) is 6.54 Å². The van der Waals surface area contributed by atoms with Crippen molar-refractivity contribution in [2.75, 3.05) is 18.0 Å². The minimum absolute atomic E-state index is 0.0848. The average molecular weight is 313 g/mol. The van der Waals surface area contributed by atoms with Crippen molar-refractivity contribution in [3.63, 3.8) is 0 Å². The Morgan fingerprint density at radius 1 is 1.19 bits per heavy atom. The van der Waals surface area contributed by atoms with Gasteiger partial charge in [-0.05, 0) is 59.2 Å². The second-order valence-corrected chi connectivity index (χ2v) is 7.62. The standard InChI is InChI=1S/C17H29ClN2O/c1-7-20(12-17(5,6)21)15-9-8-13(10-14(15)18)11-19-16(2,3)4/h8-10,19,21H,7,11-12H2,1-6H3. The van der Waals surface area contributed by atoms with Gasteiger partial charge < -0.3 is 15.3 Å². The summed E-state index contributed by atoms with van der Waals surface area (Å²) in [6, 6.07) is 6.13. The molecule has 0 saturated carbocycles. The average Bonchev–Trinajstić information content (AvgIpc) is 2.32. The number of anilines is 1. The number of hydrogen-bond donors (Lipinski definition) is 2. The van der Waals surface area contributed by atoms with Gasteiger partial charge in [0.15, 0.2) is 0 Å². The lowest BCUT2D eigenvalue weighted by Gasteiger charge is -2.30. The number of nitrogens with zero attached hydrogens (tertiary/aromatic N) is 1. The van der Waals surface area contributed by atoms with Crippen molar-refractivity contribution < 1.29 is 5.11 Å². The molecular weight excluding hydrogens is 284 g/mol. The Kier molecular flexibility index (Phi) is 6.09. The Bertz CT molecular complexity index is 461. The first kappa shape index (κ1) is 18.3. The summed E-state index contributed by atoms with van der Waals surface area (Å²) in [6.45, 7) is 14.3. The molecule has 0 aliphatic rings. The molecule has 0 fully saturated rings. The molecule has 3 nitrogen and oxygen atoms in total. The molecule has 0 heterocycles. The molecule has 0 unspecified atom stereocenters. The molecule has 1 aromatic carbocycles. The molecule has 0 radical (unpaired) electrons. The van der Waals surface area contributed by atoms with Crippen LogP contribution in [0, 0.1) is 0 Å². The van der Waals surface area contributed by atoms with Crippen LogP contribution in [0.4, 0.5) is 5.69 Å². The van der Waals surface area contributed by atoms with Crippen LogP contribution >= 0.6 is 11.6 Å². The first-order valence-corrected chi connectivity index (χ1v) is 7.90. The van der Waals surface area contributed by atoms with Crippen LogP contribution < -0.4 is 10.2 Å². The molecule has 0 bridgehead atoms. The first-order chi connectivity index (χ1) is 9.52. The Labute approximate surface area is 134 Å². The quantitative estimate of drug-likeness (QED) is 0.838. The summed E-state index contributed by atoms with van der Waals surface area (Å²) in [6.07, 6.45) is 0. The third-order valence-electron chi connectivity index (χ3n) is 3.14. The van der Waals surface area contributed by atoms with E-state index in [9.17, 15) is 5.11 Å². The zero-order valence-corrected chi connectivity index (χ0v) is 14.9. The van der Waals surface area contributed by atoms with Crippen molar-refractivity contribution >= 4 is 17.3 Å². The Hall–Kier alpha value is -0.770. The molecule has 0 aromatic heterocycles. The summed E-state index contributed by atoms with van der Waals surface area (Å²) in [5.41, 5.74) is 1.48. The highest BCUT2D eigenvalue weighted by Crippen LogP contribution is 2.28. The minimum atomic E-state index is -0.744. The molecule has 0 amide bonds. The third-order valence-corrected chi connectivity index (χ3v) is 3.44. The highest BCUT2D eigenvalue weighted by molar-refractivity contribution is 6.33. The third kappa shape index (κ3) is 6.68. The predicted molar refractivity (Wildman–Crippen MR) is 92.2 cm³/mol. The van der Waals surface area contributed by atoms with Gasteiger partial charge in [0.1, 0.15) is 0 Å². The molecule has 0 atom stereocenters. The van der Waals surface area contributed by atoms with Gasteiger partial charge in [0, 0.05) is 25.2 Å². The lowest BCUT2D eigenvalue weighted by Crippen LogP contribution is -2.38. The van der Waals surface area contributed by atoms with Gasteiger partial charge in [-0.3, -0.25) is 0 Å². The number of nitrogens with one attached hydrogen (secondary N) is 1. The zero-order chi connectivity index (χ0) is 16.3. The van der Waals surface area contributed by atoms with E-state index in [1.807, 2.05) is 26.0 Å². The van der Waals surface area contributed by atoms with Gasteiger partial charge in [0.05, 0.1) is 16.3 Å². The first-order valence-electron chi connectivity index (χ1n) is 7.52. The number of benzene rings is 1. The van der Waals surface area contributed by atoms with Crippen LogP contribution in [0.5, 0.6) is 0 Å². The van der Waals surface area contributed by atoms with Crippen LogP contribution in [0.15, 0.2) is 18.2 Å². The van der Waals surface area contributed by atoms with Crippen molar-refractivity contribution in [3.05, 3.63) is 28.8 Å². The summed E-state index contributed by atoms with van der Waals surface area (Å²) in [5, 5.41) is 14.2. The molecular formula is C17H29ClN2O. The van der Waals surface area contributed by atoms with Gasteiger partial charge in [-0.15, -0.1) is 0 Å². The van der Waals surface area contributed by atoms with Crippen molar-refractivity contribution in [1.29, 1.82) is 0 Å². The Balaban J connectivity index is 2.86. The van der Waals surface area contributed by atoms with Gasteiger partial charge in [-0.25, -0.2) is 0 Å². The van der Waals surface area contributed by atoms with Crippen LogP contribution in [0.3, 0.4) is 0 Å². The lowest BCUT2D eigenvalue weighted by atomic mass is 10.1. The number of hydrogen-bond acceptors (Lipinski definition) is 3. The van der Waals surface area contributed by atoms with E-state index in [1.165, 1.54) is 0 Å². The summed E-state index contributed by atoms with van der Waals surface area (Å²) in [5.74, 6) is 0. The summed E-state index contributed by atoms with van der Waals surface area (Å²) < 4.78 is 0. The fourth-order valence-electron chi connectivity index (χ4n) is 2.12.